The highest BCUT2D eigenvalue weighted by Crippen LogP contribution is 2.26. The monoisotopic (exact) mass is 302 g/mol. The molecule has 0 spiro atoms. The normalized spacial score (nSPS) is 10.8. The minimum atomic E-state index is 0.632. The molecule has 0 radical (unpaired) electrons. The highest BCUT2D eigenvalue weighted by Gasteiger charge is 2.03. The molecule has 17 heavy (non-hydrogen) atoms. The summed E-state index contributed by atoms with van der Waals surface area (Å²) in [5, 5.41) is 3.22. The lowest BCUT2D eigenvalue weighted by Crippen LogP contribution is -2.20. The fourth-order valence-corrected chi connectivity index (χ4v) is 1.72. The number of ether oxygens (including phenoxy) is 1. The van der Waals surface area contributed by atoms with Crippen LogP contribution in [-0.2, 0) is 4.74 Å². The van der Waals surface area contributed by atoms with E-state index >= 15 is 0 Å². The lowest BCUT2D eigenvalue weighted by Gasteiger charge is -2.12. The molecule has 0 amide bonds. The van der Waals surface area contributed by atoms with Crippen LogP contribution in [0.5, 0.6) is 0 Å². The number of rotatable bonds is 7. The van der Waals surface area contributed by atoms with Crippen molar-refractivity contribution in [2.45, 2.75) is 0 Å². The zero-order valence-corrected chi connectivity index (χ0v) is 11.8. The molecule has 0 bridgehead atoms. The standard InChI is InChI=1S/C11H19BrN4O/c1-16(2)4-6-17-5-3-15-11-9(12)7-14-8-10(11)13/h7-8H,3-6,13H2,1-2H3,(H,14,15). The van der Waals surface area contributed by atoms with Crippen molar-refractivity contribution in [3.05, 3.63) is 16.9 Å². The van der Waals surface area contributed by atoms with E-state index in [0.717, 1.165) is 29.9 Å². The molecule has 1 rings (SSSR count). The van der Waals surface area contributed by atoms with Gasteiger partial charge in [0.15, 0.2) is 0 Å². The van der Waals surface area contributed by atoms with E-state index in [-0.39, 0.29) is 0 Å². The molecular weight excluding hydrogens is 284 g/mol. The van der Waals surface area contributed by atoms with Crippen LogP contribution in [0.4, 0.5) is 11.4 Å². The number of aromatic nitrogens is 1. The van der Waals surface area contributed by atoms with Crippen molar-refractivity contribution < 1.29 is 4.74 Å². The summed E-state index contributed by atoms with van der Waals surface area (Å²) in [6.45, 7) is 3.05. The van der Waals surface area contributed by atoms with Crippen LogP contribution < -0.4 is 11.1 Å². The number of nitrogens with two attached hydrogens (primary N) is 1. The highest BCUT2D eigenvalue weighted by molar-refractivity contribution is 9.10. The van der Waals surface area contributed by atoms with Crippen LogP contribution in [0.3, 0.4) is 0 Å². The van der Waals surface area contributed by atoms with Gasteiger partial charge in [0.1, 0.15) is 0 Å². The minimum Gasteiger partial charge on any atom is -0.396 e. The molecule has 0 aliphatic carbocycles. The Balaban J connectivity index is 2.22. The number of hydrogen-bond acceptors (Lipinski definition) is 5. The topological polar surface area (TPSA) is 63.4 Å². The number of pyridine rings is 1. The van der Waals surface area contributed by atoms with Crippen molar-refractivity contribution >= 4 is 27.3 Å². The average molecular weight is 303 g/mol. The van der Waals surface area contributed by atoms with E-state index in [1.54, 1.807) is 12.4 Å². The molecule has 6 heteroatoms. The minimum absolute atomic E-state index is 0.632. The summed E-state index contributed by atoms with van der Waals surface area (Å²) in [5.74, 6) is 0. The van der Waals surface area contributed by atoms with Crippen molar-refractivity contribution in [1.82, 2.24) is 9.88 Å². The second kappa shape index (κ2) is 7.47. The Bertz CT molecular complexity index is 326. The van der Waals surface area contributed by atoms with Gasteiger partial charge in [-0.1, -0.05) is 0 Å². The van der Waals surface area contributed by atoms with Gasteiger partial charge in [-0.25, -0.2) is 0 Å². The molecule has 3 N–H and O–H groups in total. The first-order valence-electron chi connectivity index (χ1n) is 5.46. The van der Waals surface area contributed by atoms with Gasteiger partial charge in [0.2, 0.25) is 0 Å². The van der Waals surface area contributed by atoms with Gasteiger partial charge >= 0.3 is 0 Å². The Morgan fingerprint density at radius 3 is 2.82 bits per heavy atom. The maximum Gasteiger partial charge on any atom is 0.0750 e. The maximum absolute atomic E-state index is 5.80. The first-order valence-corrected chi connectivity index (χ1v) is 6.26. The Morgan fingerprint density at radius 1 is 1.41 bits per heavy atom. The molecule has 0 aromatic carbocycles. The lowest BCUT2D eigenvalue weighted by atomic mass is 10.3. The van der Waals surface area contributed by atoms with Gasteiger partial charge in [-0.3, -0.25) is 4.98 Å². The van der Waals surface area contributed by atoms with Crippen LogP contribution in [0.1, 0.15) is 0 Å². The predicted molar refractivity (Wildman–Crippen MR) is 74.2 cm³/mol. The Hall–Kier alpha value is -0.850. The molecule has 96 valence electrons. The molecule has 1 aromatic rings. The average Bonchev–Trinajstić information content (AvgIpc) is 2.26. The van der Waals surface area contributed by atoms with E-state index < -0.39 is 0 Å². The number of halogens is 1. The number of nitrogens with one attached hydrogen (secondary N) is 1. The molecule has 1 heterocycles. The number of likely N-dealkylation sites (N-methyl/N-ethyl adjacent to an activating group) is 1. The van der Waals surface area contributed by atoms with Gasteiger partial charge in [0, 0.05) is 19.3 Å². The van der Waals surface area contributed by atoms with Gasteiger partial charge < -0.3 is 20.7 Å². The SMILES string of the molecule is CN(C)CCOCCNc1c(N)cncc1Br. The molecule has 0 fully saturated rings. The number of nitrogens with zero attached hydrogens (tertiary/aromatic N) is 2. The predicted octanol–water partition coefficient (Wildman–Crippen LogP) is 1.42. The van der Waals surface area contributed by atoms with Crippen LogP contribution >= 0.6 is 15.9 Å². The summed E-state index contributed by atoms with van der Waals surface area (Å²) < 4.78 is 6.34. The largest absolute Gasteiger partial charge is 0.396 e. The van der Waals surface area contributed by atoms with Crippen LogP contribution in [0.15, 0.2) is 16.9 Å². The third kappa shape index (κ3) is 5.34. The van der Waals surface area contributed by atoms with Crippen molar-refractivity contribution in [3.63, 3.8) is 0 Å². The zero-order chi connectivity index (χ0) is 12.7. The van der Waals surface area contributed by atoms with Crippen molar-refractivity contribution in [2.75, 3.05) is 51.4 Å². The van der Waals surface area contributed by atoms with Crippen LogP contribution in [0, 0.1) is 0 Å². The second-order valence-electron chi connectivity index (χ2n) is 3.93. The van der Waals surface area contributed by atoms with Crippen LogP contribution in [0.25, 0.3) is 0 Å². The summed E-state index contributed by atoms with van der Waals surface area (Å²) in [6.07, 6.45) is 3.34. The third-order valence-electron chi connectivity index (χ3n) is 2.16. The van der Waals surface area contributed by atoms with Gasteiger partial charge in [-0.05, 0) is 30.0 Å². The van der Waals surface area contributed by atoms with Gasteiger partial charge in [-0.2, -0.15) is 0 Å². The van der Waals surface area contributed by atoms with E-state index in [1.807, 2.05) is 14.1 Å². The fourth-order valence-electron chi connectivity index (χ4n) is 1.23. The summed E-state index contributed by atoms with van der Waals surface area (Å²) in [4.78, 5) is 6.06. The highest BCUT2D eigenvalue weighted by atomic mass is 79.9. The quantitative estimate of drug-likeness (QED) is 0.746. The molecule has 0 unspecified atom stereocenters. The van der Waals surface area contributed by atoms with Gasteiger partial charge in [-0.15, -0.1) is 0 Å². The Morgan fingerprint density at radius 2 is 2.18 bits per heavy atom. The summed E-state index contributed by atoms with van der Waals surface area (Å²) in [6, 6.07) is 0. The van der Waals surface area contributed by atoms with Gasteiger partial charge in [0.25, 0.3) is 0 Å². The zero-order valence-electron chi connectivity index (χ0n) is 10.2. The molecule has 0 saturated carbocycles. The lowest BCUT2D eigenvalue weighted by molar-refractivity contribution is 0.126. The van der Waals surface area contributed by atoms with Crippen LogP contribution in [0.2, 0.25) is 0 Å². The maximum atomic E-state index is 5.80. The molecule has 0 saturated heterocycles. The van der Waals surface area contributed by atoms with Crippen LogP contribution in [-0.4, -0.2) is 50.3 Å². The number of nitrogen functional groups attached to an aromatic ring is 1. The van der Waals surface area contributed by atoms with Crippen molar-refractivity contribution in [1.29, 1.82) is 0 Å². The summed E-state index contributed by atoms with van der Waals surface area (Å²) in [5.41, 5.74) is 7.30. The van der Waals surface area contributed by atoms with Crippen molar-refractivity contribution in [2.24, 2.45) is 0 Å². The van der Waals surface area contributed by atoms with E-state index in [9.17, 15) is 0 Å². The fraction of sp³-hybridized carbons (Fsp3) is 0.545. The second-order valence-corrected chi connectivity index (χ2v) is 4.78. The van der Waals surface area contributed by atoms with E-state index in [0.29, 0.717) is 12.3 Å². The van der Waals surface area contributed by atoms with E-state index in [1.165, 1.54) is 0 Å². The molecule has 0 aliphatic rings. The van der Waals surface area contributed by atoms with E-state index in [4.69, 9.17) is 10.5 Å². The Kier molecular flexibility index (Phi) is 6.25. The first kappa shape index (κ1) is 14.2. The molecule has 0 atom stereocenters. The number of anilines is 2. The smallest absolute Gasteiger partial charge is 0.0750 e. The summed E-state index contributed by atoms with van der Waals surface area (Å²) >= 11 is 3.40. The Labute approximate surface area is 110 Å². The van der Waals surface area contributed by atoms with Crippen molar-refractivity contribution in [3.8, 4) is 0 Å². The molecule has 1 aromatic heterocycles. The van der Waals surface area contributed by atoms with Gasteiger partial charge in [0.05, 0.1) is 35.3 Å². The number of hydrogen-bond donors (Lipinski definition) is 2. The molecular formula is C11H19BrN4O. The first-order chi connectivity index (χ1) is 8.11. The summed E-state index contributed by atoms with van der Waals surface area (Å²) in [7, 11) is 4.05. The third-order valence-corrected chi connectivity index (χ3v) is 2.76. The molecule has 0 aliphatic heterocycles. The molecule has 5 nitrogen and oxygen atoms in total. The van der Waals surface area contributed by atoms with E-state index in [2.05, 4.69) is 31.1 Å².